The number of nitrogens with one attached hydrogen (secondary N) is 3. The van der Waals surface area contributed by atoms with Gasteiger partial charge in [0.05, 0.1) is 27.2 Å². The van der Waals surface area contributed by atoms with Crippen molar-refractivity contribution in [3.8, 4) is 0 Å². The quantitative estimate of drug-likeness (QED) is 0.775. The third-order valence-corrected chi connectivity index (χ3v) is 3.65. The number of aromatic amines is 1. The molecule has 1 aromatic carbocycles. The minimum Gasteiger partial charge on any atom is -0.350 e. The predicted octanol–water partition coefficient (Wildman–Crippen LogP) is 1.11. The molecule has 0 aliphatic carbocycles. The van der Waals surface area contributed by atoms with Crippen molar-refractivity contribution in [3.05, 3.63) is 33.9 Å². The minimum absolute atomic E-state index is 0.0360. The van der Waals surface area contributed by atoms with Gasteiger partial charge in [-0.1, -0.05) is 15.9 Å². The van der Waals surface area contributed by atoms with Crippen molar-refractivity contribution in [2.24, 2.45) is 0 Å². The molecule has 1 heterocycles. The zero-order chi connectivity index (χ0) is 14.0. The Balaban J connectivity index is 2.20. The number of quaternary nitrogens is 1. The number of halogens is 1. The van der Waals surface area contributed by atoms with Gasteiger partial charge in [0.15, 0.2) is 0 Å². The molecular formula is C14H19BrN3O+. The number of aryl methyl sites for hydroxylation is 1. The Morgan fingerprint density at radius 2 is 2.16 bits per heavy atom. The van der Waals surface area contributed by atoms with E-state index < -0.39 is 0 Å². The molecule has 5 heteroatoms. The number of likely N-dealkylation sites (N-methyl/N-ethyl adjacent to an activating group) is 1. The lowest BCUT2D eigenvalue weighted by molar-refractivity contribution is -0.856. The van der Waals surface area contributed by atoms with E-state index in [2.05, 4.69) is 40.3 Å². The fourth-order valence-electron chi connectivity index (χ4n) is 2.04. The molecule has 3 N–H and O–H groups in total. The first-order chi connectivity index (χ1) is 8.99. The molecule has 2 rings (SSSR count). The summed E-state index contributed by atoms with van der Waals surface area (Å²) in [4.78, 5) is 16.6. The molecule has 0 aliphatic rings. The molecule has 0 atom stereocenters. The van der Waals surface area contributed by atoms with Crippen LogP contribution in [0.25, 0.3) is 10.9 Å². The van der Waals surface area contributed by atoms with Crippen LogP contribution in [0.3, 0.4) is 0 Å². The summed E-state index contributed by atoms with van der Waals surface area (Å²) in [5, 5.41) is 4.03. The zero-order valence-corrected chi connectivity index (χ0v) is 13.0. The Hall–Kier alpha value is -1.33. The highest BCUT2D eigenvalue weighted by molar-refractivity contribution is 9.10. The van der Waals surface area contributed by atoms with Crippen molar-refractivity contribution in [1.82, 2.24) is 10.3 Å². The lowest BCUT2D eigenvalue weighted by atomic mass is 10.1. The molecule has 0 aliphatic heterocycles. The van der Waals surface area contributed by atoms with Crippen molar-refractivity contribution in [2.45, 2.75) is 6.92 Å². The summed E-state index contributed by atoms with van der Waals surface area (Å²) in [5.74, 6) is -0.0360. The number of hydrogen-bond acceptors (Lipinski definition) is 1. The zero-order valence-electron chi connectivity index (χ0n) is 11.4. The smallest absolute Gasteiger partial charge is 0.268 e. The fraction of sp³-hybridized carbons (Fsp3) is 0.357. The van der Waals surface area contributed by atoms with Gasteiger partial charge in [-0.2, -0.15) is 0 Å². The van der Waals surface area contributed by atoms with E-state index in [0.29, 0.717) is 12.2 Å². The highest BCUT2D eigenvalue weighted by atomic mass is 79.9. The Bertz CT molecular complexity index is 604. The number of H-pyrrole nitrogens is 1. The maximum atomic E-state index is 12.1. The van der Waals surface area contributed by atoms with E-state index in [9.17, 15) is 4.79 Å². The molecular weight excluding hydrogens is 306 g/mol. The second kappa shape index (κ2) is 5.75. The molecule has 0 saturated carbocycles. The van der Waals surface area contributed by atoms with Gasteiger partial charge in [0.1, 0.15) is 5.69 Å². The highest BCUT2D eigenvalue weighted by Crippen LogP contribution is 2.25. The van der Waals surface area contributed by atoms with Crippen molar-refractivity contribution >= 4 is 32.7 Å². The third-order valence-electron chi connectivity index (χ3n) is 3.16. The van der Waals surface area contributed by atoms with Gasteiger partial charge < -0.3 is 15.2 Å². The monoisotopic (exact) mass is 324 g/mol. The van der Waals surface area contributed by atoms with Crippen LogP contribution in [0.5, 0.6) is 0 Å². The Kier molecular flexibility index (Phi) is 4.27. The molecule has 1 aromatic heterocycles. The molecule has 0 unspecified atom stereocenters. The molecule has 0 radical (unpaired) electrons. The molecule has 1 amide bonds. The Morgan fingerprint density at radius 1 is 1.42 bits per heavy atom. The lowest BCUT2D eigenvalue weighted by Gasteiger charge is -2.08. The first kappa shape index (κ1) is 14.1. The lowest BCUT2D eigenvalue weighted by Crippen LogP contribution is -3.06. The first-order valence-corrected chi connectivity index (χ1v) is 7.13. The van der Waals surface area contributed by atoms with Crippen LogP contribution in [-0.2, 0) is 0 Å². The fourth-order valence-corrected chi connectivity index (χ4v) is 2.40. The van der Waals surface area contributed by atoms with Gasteiger partial charge in [0, 0.05) is 15.4 Å². The van der Waals surface area contributed by atoms with Gasteiger partial charge in [-0.15, -0.1) is 0 Å². The Labute approximate surface area is 121 Å². The van der Waals surface area contributed by atoms with Gasteiger partial charge in [0.25, 0.3) is 5.91 Å². The molecule has 2 aromatic rings. The van der Waals surface area contributed by atoms with Crippen LogP contribution < -0.4 is 10.2 Å². The summed E-state index contributed by atoms with van der Waals surface area (Å²) in [5.41, 5.74) is 2.64. The van der Waals surface area contributed by atoms with Crippen LogP contribution in [0.1, 0.15) is 16.1 Å². The predicted molar refractivity (Wildman–Crippen MR) is 80.7 cm³/mol. The third kappa shape index (κ3) is 3.16. The second-order valence-corrected chi connectivity index (χ2v) is 5.94. The van der Waals surface area contributed by atoms with Crippen LogP contribution in [-0.4, -0.2) is 38.1 Å². The molecule has 19 heavy (non-hydrogen) atoms. The van der Waals surface area contributed by atoms with Crippen molar-refractivity contribution in [3.63, 3.8) is 0 Å². The molecule has 0 saturated heterocycles. The van der Waals surface area contributed by atoms with Crippen LogP contribution in [0.15, 0.2) is 22.7 Å². The minimum atomic E-state index is -0.0360. The number of rotatable bonds is 4. The van der Waals surface area contributed by atoms with Gasteiger partial charge >= 0.3 is 0 Å². The summed E-state index contributed by atoms with van der Waals surface area (Å²) in [7, 11) is 4.13. The van der Waals surface area contributed by atoms with Gasteiger partial charge in [-0.05, 0) is 30.7 Å². The summed E-state index contributed by atoms with van der Waals surface area (Å²) in [6.07, 6.45) is 0. The van der Waals surface area contributed by atoms with E-state index in [1.54, 1.807) is 0 Å². The molecule has 0 fully saturated rings. The van der Waals surface area contributed by atoms with Gasteiger partial charge in [-0.25, -0.2) is 0 Å². The first-order valence-electron chi connectivity index (χ1n) is 6.34. The average Bonchev–Trinajstić information content (AvgIpc) is 2.66. The largest absolute Gasteiger partial charge is 0.350 e. The summed E-state index contributed by atoms with van der Waals surface area (Å²) < 4.78 is 1.02. The number of benzene rings is 1. The number of aromatic nitrogens is 1. The second-order valence-electron chi connectivity index (χ2n) is 5.03. The molecule has 0 spiro atoms. The number of carbonyl (C=O) groups is 1. The highest BCUT2D eigenvalue weighted by Gasteiger charge is 2.14. The van der Waals surface area contributed by atoms with Crippen molar-refractivity contribution < 1.29 is 9.69 Å². The van der Waals surface area contributed by atoms with E-state index in [4.69, 9.17) is 0 Å². The van der Waals surface area contributed by atoms with Crippen LogP contribution in [0.2, 0.25) is 0 Å². The maximum absolute atomic E-state index is 12.1. The standard InChI is InChI=1S/C14H18BrN3O/c1-9-11-8-10(15)4-5-12(11)17-13(9)14(19)16-6-7-18(2)3/h4-5,8,17H,6-7H2,1-3H3,(H,16,19)/p+1. The van der Waals surface area contributed by atoms with E-state index in [1.165, 1.54) is 4.90 Å². The number of amides is 1. The SMILES string of the molecule is Cc1c(C(=O)NCC[NH+](C)C)[nH]c2ccc(Br)cc12. The number of fused-ring (bicyclic) bond motifs is 1. The summed E-state index contributed by atoms with van der Waals surface area (Å²) in [6.45, 7) is 3.56. The van der Waals surface area contributed by atoms with Gasteiger partial charge in [-0.3, -0.25) is 4.79 Å². The van der Waals surface area contributed by atoms with E-state index in [-0.39, 0.29) is 5.91 Å². The Morgan fingerprint density at radius 3 is 2.84 bits per heavy atom. The van der Waals surface area contributed by atoms with Crippen LogP contribution in [0, 0.1) is 6.92 Å². The molecule has 102 valence electrons. The van der Waals surface area contributed by atoms with Crippen LogP contribution in [0.4, 0.5) is 0 Å². The van der Waals surface area contributed by atoms with E-state index >= 15 is 0 Å². The maximum Gasteiger partial charge on any atom is 0.268 e. The van der Waals surface area contributed by atoms with Crippen molar-refractivity contribution in [2.75, 3.05) is 27.2 Å². The molecule has 0 bridgehead atoms. The van der Waals surface area contributed by atoms with Gasteiger partial charge in [0.2, 0.25) is 0 Å². The molecule has 4 nitrogen and oxygen atoms in total. The topological polar surface area (TPSA) is 49.3 Å². The number of hydrogen-bond donors (Lipinski definition) is 3. The van der Waals surface area contributed by atoms with E-state index in [1.807, 2.05) is 25.1 Å². The number of carbonyl (C=O) groups excluding carboxylic acids is 1. The normalized spacial score (nSPS) is 11.2. The van der Waals surface area contributed by atoms with E-state index in [0.717, 1.165) is 27.5 Å². The van der Waals surface area contributed by atoms with Crippen molar-refractivity contribution in [1.29, 1.82) is 0 Å². The summed E-state index contributed by atoms with van der Waals surface area (Å²) in [6, 6.07) is 5.98. The van der Waals surface area contributed by atoms with Crippen LogP contribution >= 0.6 is 15.9 Å². The summed E-state index contributed by atoms with van der Waals surface area (Å²) >= 11 is 3.45. The average molecular weight is 325 g/mol.